The Kier molecular flexibility index (Phi) is 2.44. The van der Waals surface area contributed by atoms with E-state index in [2.05, 4.69) is 19.5 Å². The Labute approximate surface area is 66.8 Å². The van der Waals surface area contributed by atoms with Crippen LogP contribution in [0.5, 0.6) is 0 Å². The van der Waals surface area contributed by atoms with Crippen LogP contribution in [-0.4, -0.2) is 30.6 Å². The lowest BCUT2D eigenvalue weighted by Gasteiger charge is -2.23. The molecule has 0 aromatic rings. The quantitative estimate of drug-likeness (QED) is 0.196. The maximum absolute atomic E-state index is 10.4. The van der Waals surface area contributed by atoms with Crippen molar-refractivity contribution in [3.63, 3.8) is 0 Å². The second-order valence-corrected chi connectivity index (χ2v) is 2.24. The Bertz CT molecular complexity index is 225. The molecule has 12 heavy (non-hydrogen) atoms. The van der Waals surface area contributed by atoms with E-state index in [0.717, 1.165) is 0 Å². The van der Waals surface area contributed by atoms with Crippen LogP contribution in [0.15, 0.2) is 5.11 Å². The highest BCUT2D eigenvalue weighted by Gasteiger charge is 2.45. The van der Waals surface area contributed by atoms with Crippen LogP contribution < -0.4 is 0 Å². The molecule has 1 aliphatic heterocycles. The van der Waals surface area contributed by atoms with E-state index in [0.29, 0.717) is 0 Å². The van der Waals surface area contributed by atoms with Gasteiger partial charge in [0.05, 0.1) is 0 Å². The number of hydrogen-bond donors (Lipinski definition) is 0. The summed E-state index contributed by atoms with van der Waals surface area (Å²) < 4.78 is 9.34. The number of azide groups is 1. The fourth-order valence-electron chi connectivity index (χ4n) is 0.794. The highest BCUT2D eigenvalue weighted by molar-refractivity contribution is 4.78. The minimum Gasteiger partial charge on any atom is -0.348 e. The molecule has 0 aliphatic carbocycles. The summed E-state index contributed by atoms with van der Waals surface area (Å²) in [5.41, 5.74) is 6.29. The lowest BCUT2D eigenvalue weighted by Crippen LogP contribution is -2.48. The standard InChI is InChI=1S/C4H6N4O4/c5-7-6-4(8(9)10)1-11-3-12-2-4/h1-3H2. The Morgan fingerprint density at radius 2 is 2.17 bits per heavy atom. The molecule has 0 bridgehead atoms. The molecule has 0 aromatic carbocycles. The highest BCUT2D eigenvalue weighted by atomic mass is 16.7. The molecule has 0 radical (unpaired) electrons. The van der Waals surface area contributed by atoms with Gasteiger partial charge in [-0.15, -0.1) is 0 Å². The number of hydrogen-bond acceptors (Lipinski definition) is 5. The molecule has 0 spiro atoms. The Hall–Kier alpha value is -1.37. The molecule has 1 rings (SSSR count). The summed E-state index contributed by atoms with van der Waals surface area (Å²) in [5.74, 6) is 0. The first-order chi connectivity index (χ1) is 5.71. The predicted octanol–water partition coefficient (Wildman–Crippen LogP) is 0.274. The van der Waals surface area contributed by atoms with E-state index in [9.17, 15) is 10.1 Å². The summed E-state index contributed by atoms with van der Waals surface area (Å²) >= 11 is 0. The lowest BCUT2D eigenvalue weighted by molar-refractivity contribution is -0.586. The van der Waals surface area contributed by atoms with Crippen molar-refractivity contribution in [1.29, 1.82) is 0 Å². The molecule has 0 atom stereocenters. The smallest absolute Gasteiger partial charge is 0.346 e. The second-order valence-electron chi connectivity index (χ2n) is 2.24. The SMILES string of the molecule is [N-]=[N+]=NC1([N+](=O)[O-])COCOC1. The number of nitro groups is 1. The van der Waals surface area contributed by atoms with Crippen molar-refractivity contribution in [3.05, 3.63) is 20.6 Å². The van der Waals surface area contributed by atoms with E-state index < -0.39 is 10.6 Å². The van der Waals surface area contributed by atoms with E-state index in [4.69, 9.17) is 5.53 Å². The Morgan fingerprint density at radius 3 is 2.58 bits per heavy atom. The Balaban J connectivity index is 2.83. The zero-order chi connectivity index (χ0) is 9.03. The molecule has 66 valence electrons. The summed E-state index contributed by atoms with van der Waals surface area (Å²) in [7, 11) is 0. The average Bonchev–Trinajstić information content (AvgIpc) is 2.06. The van der Waals surface area contributed by atoms with Crippen molar-refractivity contribution in [1.82, 2.24) is 0 Å². The lowest BCUT2D eigenvalue weighted by atomic mass is 10.2. The van der Waals surface area contributed by atoms with Crippen LogP contribution in [0.3, 0.4) is 0 Å². The van der Waals surface area contributed by atoms with Gasteiger partial charge in [-0.25, -0.2) is 0 Å². The topological polar surface area (TPSA) is 110 Å². The molecule has 0 amide bonds. The van der Waals surface area contributed by atoms with Gasteiger partial charge in [-0.05, 0) is 10.6 Å². The normalized spacial score (nSPS) is 21.0. The van der Waals surface area contributed by atoms with Gasteiger partial charge in [-0.1, -0.05) is 0 Å². The molecule has 0 aromatic heterocycles. The zero-order valence-electron chi connectivity index (χ0n) is 6.04. The molecule has 8 heteroatoms. The minimum absolute atomic E-state index is 0.00343. The molecule has 1 aliphatic rings. The molecule has 0 N–H and O–H groups in total. The maximum atomic E-state index is 10.4. The molecule has 0 saturated carbocycles. The van der Waals surface area contributed by atoms with Crippen molar-refractivity contribution >= 4 is 0 Å². The van der Waals surface area contributed by atoms with Gasteiger partial charge < -0.3 is 9.47 Å². The van der Waals surface area contributed by atoms with Crippen LogP contribution in [0.2, 0.25) is 0 Å². The van der Waals surface area contributed by atoms with E-state index >= 15 is 0 Å². The predicted molar refractivity (Wildman–Crippen MR) is 35.6 cm³/mol. The molecule has 1 heterocycles. The van der Waals surface area contributed by atoms with Gasteiger partial charge in [0.15, 0.2) is 0 Å². The Morgan fingerprint density at radius 1 is 1.58 bits per heavy atom. The van der Waals surface area contributed by atoms with Crippen LogP contribution in [0, 0.1) is 10.1 Å². The van der Waals surface area contributed by atoms with Crippen molar-refractivity contribution in [2.75, 3.05) is 20.0 Å². The summed E-state index contributed by atoms with van der Waals surface area (Å²) in [6, 6.07) is 0. The van der Waals surface area contributed by atoms with Crippen molar-refractivity contribution in [2.24, 2.45) is 5.11 Å². The molecule has 8 nitrogen and oxygen atoms in total. The van der Waals surface area contributed by atoms with Crippen LogP contribution in [0.4, 0.5) is 0 Å². The number of nitrogens with zero attached hydrogens (tertiary/aromatic N) is 4. The summed E-state index contributed by atoms with van der Waals surface area (Å²) in [5, 5.41) is 13.5. The van der Waals surface area contributed by atoms with Gasteiger partial charge in [0, 0.05) is 9.84 Å². The molecule has 0 unspecified atom stereocenters. The van der Waals surface area contributed by atoms with E-state index in [1.807, 2.05) is 0 Å². The van der Waals surface area contributed by atoms with Crippen molar-refractivity contribution in [3.8, 4) is 0 Å². The first kappa shape index (κ1) is 8.72. The van der Waals surface area contributed by atoms with Gasteiger partial charge >= 0.3 is 5.66 Å². The largest absolute Gasteiger partial charge is 0.348 e. The average molecular weight is 174 g/mol. The van der Waals surface area contributed by atoms with Gasteiger partial charge in [0.2, 0.25) is 0 Å². The fourth-order valence-corrected chi connectivity index (χ4v) is 0.794. The highest BCUT2D eigenvalue weighted by Crippen LogP contribution is 2.17. The van der Waals surface area contributed by atoms with Gasteiger partial charge in [-0.3, -0.25) is 10.1 Å². The van der Waals surface area contributed by atoms with Crippen LogP contribution in [0.1, 0.15) is 0 Å². The van der Waals surface area contributed by atoms with Crippen molar-refractivity contribution in [2.45, 2.75) is 5.66 Å². The first-order valence-corrected chi connectivity index (χ1v) is 3.07. The van der Waals surface area contributed by atoms with Crippen LogP contribution in [0.25, 0.3) is 10.4 Å². The van der Waals surface area contributed by atoms with Crippen LogP contribution >= 0.6 is 0 Å². The fraction of sp³-hybridized carbons (Fsp3) is 1.00. The third-order valence-corrected chi connectivity index (χ3v) is 1.40. The molecule has 1 fully saturated rings. The number of ether oxygens (including phenoxy) is 2. The second kappa shape index (κ2) is 3.35. The molecular formula is C4H6N4O4. The van der Waals surface area contributed by atoms with E-state index in [-0.39, 0.29) is 20.0 Å². The maximum Gasteiger partial charge on any atom is 0.346 e. The zero-order valence-corrected chi connectivity index (χ0v) is 6.04. The summed E-state index contributed by atoms with van der Waals surface area (Å²) in [6.07, 6.45) is 0. The number of rotatable bonds is 2. The van der Waals surface area contributed by atoms with E-state index in [1.54, 1.807) is 0 Å². The third-order valence-electron chi connectivity index (χ3n) is 1.40. The van der Waals surface area contributed by atoms with Crippen molar-refractivity contribution < 1.29 is 14.4 Å². The minimum atomic E-state index is -1.78. The summed E-state index contributed by atoms with van der Waals surface area (Å²) in [6.45, 7) is -0.495. The first-order valence-electron chi connectivity index (χ1n) is 3.07. The summed E-state index contributed by atoms with van der Waals surface area (Å²) in [4.78, 5) is 12.1. The third kappa shape index (κ3) is 1.45. The van der Waals surface area contributed by atoms with E-state index in [1.165, 1.54) is 0 Å². The van der Waals surface area contributed by atoms with Gasteiger partial charge in [0.1, 0.15) is 20.0 Å². The molecular weight excluding hydrogens is 168 g/mol. The van der Waals surface area contributed by atoms with Gasteiger partial charge in [-0.2, -0.15) is 0 Å². The monoisotopic (exact) mass is 174 g/mol. The molecule has 1 saturated heterocycles. The van der Waals surface area contributed by atoms with Crippen LogP contribution in [-0.2, 0) is 9.47 Å². The van der Waals surface area contributed by atoms with Gasteiger partial charge in [0.25, 0.3) is 0 Å².